The Labute approximate surface area is 337 Å². The van der Waals surface area contributed by atoms with Gasteiger partial charge in [0.25, 0.3) is 0 Å². The SMILES string of the molecule is C=Cc1c(/C=C/S/C(C)=C/CC(C)C)oc2ncnc(-c3[c-]c4ccccc4c(C(C)(C)C)c3)c12.CCC(C)(CC)C(=O)/C=C(\O)C(C)(CC)CC.[Ir]. The first-order valence-corrected chi connectivity index (χ1v) is 19.7. The molecule has 4 rings (SSSR count). The van der Waals surface area contributed by atoms with E-state index in [4.69, 9.17) is 4.42 Å². The van der Waals surface area contributed by atoms with Crippen LogP contribution in [0.1, 0.15) is 132 Å². The van der Waals surface area contributed by atoms with Crippen molar-refractivity contribution in [2.24, 2.45) is 16.7 Å². The number of aliphatic hydroxyl groups excluding tert-OH is 1. The van der Waals surface area contributed by atoms with E-state index in [1.807, 2.05) is 53.7 Å². The van der Waals surface area contributed by atoms with Gasteiger partial charge in [-0.25, -0.2) is 4.98 Å². The summed E-state index contributed by atoms with van der Waals surface area (Å²) < 4.78 is 6.16. The summed E-state index contributed by atoms with van der Waals surface area (Å²) in [6, 6.07) is 14.2. The van der Waals surface area contributed by atoms with Crippen LogP contribution in [0.3, 0.4) is 0 Å². The zero-order chi connectivity index (χ0) is 38.9. The normalized spacial score (nSPS) is 13.0. The van der Waals surface area contributed by atoms with Crippen LogP contribution in [0, 0.1) is 22.8 Å². The second kappa shape index (κ2) is 19.9. The number of allylic oxidation sites excluding steroid dienone is 4. The number of benzene rings is 2. The Balaban J connectivity index is 0.000000460. The average Bonchev–Trinajstić information content (AvgIpc) is 3.50. The number of thioether (sulfide) groups is 1. The molecule has 53 heavy (non-hydrogen) atoms. The molecule has 0 unspecified atom stereocenters. The number of aromatic nitrogens is 2. The van der Waals surface area contributed by atoms with E-state index < -0.39 is 0 Å². The van der Waals surface area contributed by atoms with Crippen LogP contribution >= 0.6 is 11.8 Å². The first-order chi connectivity index (χ1) is 24.5. The molecule has 0 spiro atoms. The maximum atomic E-state index is 12.2. The number of aliphatic hydroxyl groups is 1. The van der Waals surface area contributed by atoms with Crippen molar-refractivity contribution in [2.75, 3.05) is 0 Å². The Morgan fingerprint density at radius 2 is 1.62 bits per heavy atom. The summed E-state index contributed by atoms with van der Waals surface area (Å²) in [6.45, 7) is 29.4. The summed E-state index contributed by atoms with van der Waals surface area (Å²) in [4.78, 5) is 22.6. The van der Waals surface area contributed by atoms with Crippen LogP contribution in [0.2, 0.25) is 0 Å². The van der Waals surface area contributed by atoms with Crippen LogP contribution in [0.15, 0.2) is 75.9 Å². The summed E-state index contributed by atoms with van der Waals surface area (Å²) in [5.74, 6) is 1.67. The number of ketones is 1. The molecule has 5 nitrogen and oxygen atoms in total. The molecule has 0 aliphatic carbocycles. The predicted octanol–water partition coefficient (Wildman–Crippen LogP) is 14.1. The van der Waals surface area contributed by atoms with Crippen LogP contribution < -0.4 is 0 Å². The molecule has 0 aliphatic rings. The van der Waals surface area contributed by atoms with Gasteiger partial charge in [0.15, 0.2) is 5.78 Å². The Kier molecular flexibility index (Phi) is 17.2. The smallest absolute Gasteiger partial charge is 0.223 e. The minimum atomic E-state index is -0.337. The molecule has 4 aromatic rings. The number of fused-ring (bicyclic) bond motifs is 2. The molecule has 0 saturated heterocycles. The monoisotopic (exact) mass is 914 g/mol. The van der Waals surface area contributed by atoms with Crippen molar-refractivity contribution in [3.8, 4) is 11.3 Å². The van der Waals surface area contributed by atoms with E-state index in [1.54, 1.807) is 18.1 Å². The standard InChI is InChI=1S/C31H33N2OS.C15H28O2.Ir/c1-8-24-27(15-16-35-21(4)14-13-20(2)3)34-30-28(24)29(32-19-33-30)23-17-22-11-9-10-12-25(22)26(18-23)31(5,6)7;1-7-14(5,8-2)12(16)11-13(17)15(6,9-3)10-4;/h8-12,14-16,18-20H,1,13H2,2-7H3;11,16H,7-10H2,1-6H3;/q-1;;/b16-15+,21-14+;12-11-;. The minimum Gasteiger partial charge on any atom is -0.512 e. The number of rotatable bonds is 14. The van der Waals surface area contributed by atoms with Crippen molar-refractivity contribution in [1.82, 2.24) is 9.97 Å². The Bertz CT molecular complexity index is 1940. The van der Waals surface area contributed by atoms with Gasteiger partial charge in [-0.2, -0.15) is 0 Å². The number of furan rings is 1. The van der Waals surface area contributed by atoms with Crippen molar-refractivity contribution in [2.45, 2.75) is 121 Å². The van der Waals surface area contributed by atoms with Crippen LogP contribution in [-0.2, 0) is 30.3 Å². The van der Waals surface area contributed by atoms with Gasteiger partial charge >= 0.3 is 0 Å². The third kappa shape index (κ3) is 11.4. The number of nitrogens with zero attached hydrogens (tertiary/aromatic N) is 2. The molecule has 1 radical (unpaired) electrons. The van der Waals surface area contributed by atoms with Gasteiger partial charge in [0.2, 0.25) is 5.71 Å². The van der Waals surface area contributed by atoms with Gasteiger partial charge < -0.3 is 9.52 Å². The van der Waals surface area contributed by atoms with Crippen molar-refractivity contribution < 1.29 is 34.4 Å². The molecule has 7 heteroatoms. The minimum absolute atomic E-state index is 0. The van der Waals surface area contributed by atoms with Gasteiger partial charge in [-0.15, -0.1) is 40.9 Å². The molecule has 0 aliphatic heterocycles. The van der Waals surface area contributed by atoms with Crippen molar-refractivity contribution in [3.63, 3.8) is 0 Å². The Morgan fingerprint density at radius 1 is 1.00 bits per heavy atom. The third-order valence-electron chi connectivity index (χ3n) is 10.5. The van der Waals surface area contributed by atoms with Crippen LogP contribution in [0.5, 0.6) is 0 Å². The fourth-order valence-electron chi connectivity index (χ4n) is 5.82. The van der Waals surface area contributed by atoms with E-state index in [9.17, 15) is 9.90 Å². The fourth-order valence-corrected chi connectivity index (χ4v) is 6.42. The molecular weight excluding hydrogens is 853 g/mol. The Hall–Kier alpha value is -3.25. The Morgan fingerprint density at radius 3 is 2.19 bits per heavy atom. The third-order valence-corrected chi connectivity index (χ3v) is 11.4. The summed E-state index contributed by atoms with van der Waals surface area (Å²) in [5.41, 5.74) is 3.83. The summed E-state index contributed by atoms with van der Waals surface area (Å²) in [6.07, 6.45) is 13.5. The molecular formula is C46H61IrN2O3S-. The molecule has 0 bridgehead atoms. The predicted molar refractivity (Wildman–Crippen MR) is 225 cm³/mol. The average molecular weight is 914 g/mol. The first-order valence-electron chi connectivity index (χ1n) is 18.8. The van der Waals surface area contributed by atoms with E-state index in [1.165, 1.54) is 21.9 Å². The van der Waals surface area contributed by atoms with Crippen molar-refractivity contribution in [1.29, 1.82) is 0 Å². The van der Waals surface area contributed by atoms with Crippen molar-refractivity contribution >= 4 is 51.6 Å². The molecule has 0 atom stereocenters. The number of hydrogen-bond donors (Lipinski definition) is 1. The maximum absolute atomic E-state index is 12.2. The van der Waals surface area contributed by atoms with Gasteiger partial charge in [-0.05, 0) is 66.7 Å². The zero-order valence-electron chi connectivity index (χ0n) is 34.1. The van der Waals surface area contributed by atoms with Crippen LogP contribution in [0.25, 0.3) is 45.3 Å². The second-order valence-electron chi connectivity index (χ2n) is 15.7. The number of carbonyl (C=O) groups excluding carboxylic acids is 1. The zero-order valence-corrected chi connectivity index (χ0v) is 37.3. The summed E-state index contributed by atoms with van der Waals surface area (Å²) >= 11 is 1.69. The quantitative estimate of drug-likeness (QED) is 0.0772. The molecule has 0 fully saturated rings. The maximum Gasteiger partial charge on any atom is 0.223 e. The fraction of sp³-hybridized carbons (Fsp3) is 0.457. The van der Waals surface area contributed by atoms with Crippen molar-refractivity contribution in [3.05, 3.63) is 94.4 Å². The van der Waals surface area contributed by atoms with Gasteiger partial charge in [0, 0.05) is 53.7 Å². The molecule has 2 aromatic carbocycles. The van der Waals surface area contributed by atoms with Gasteiger partial charge in [-0.1, -0.05) is 124 Å². The van der Waals surface area contributed by atoms with E-state index >= 15 is 0 Å². The topological polar surface area (TPSA) is 76.2 Å². The number of carbonyl (C=O) groups is 1. The van der Waals surface area contributed by atoms with Gasteiger partial charge in [-0.3, -0.25) is 9.78 Å². The first kappa shape index (κ1) is 45.9. The number of hydrogen-bond acceptors (Lipinski definition) is 6. The van der Waals surface area contributed by atoms with Crippen LogP contribution in [-0.4, -0.2) is 20.9 Å². The summed E-state index contributed by atoms with van der Waals surface area (Å²) in [7, 11) is 0. The van der Waals surface area contributed by atoms with E-state index in [-0.39, 0.29) is 47.9 Å². The van der Waals surface area contributed by atoms with Crippen LogP contribution in [0.4, 0.5) is 0 Å². The molecule has 0 saturated carbocycles. The van der Waals surface area contributed by atoms with E-state index in [2.05, 4.69) is 106 Å². The van der Waals surface area contributed by atoms with Gasteiger partial charge in [0.1, 0.15) is 17.8 Å². The molecule has 2 heterocycles. The molecule has 289 valence electrons. The molecule has 1 N–H and O–H groups in total. The molecule has 2 aromatic heterocycles. The largest absolute Gasteiger partial charge is 0.512 e. The second-order valence-corrected chi connectivity index (χ2v) is 16.8. The summed E-state index contributed by atoms with van der Waals surface area (Å²) in [5, 5.41) is 15.3. The molecule has 0 amide bonds. The van der Waals surface area contributed by atoms with Gasteiger partial charge in [0.05, 0.1) is 0 Å². The van der Waals surface area contributed by atoms with E-state index in [0.29, 0.717) is 11.6 Å². The van der Waals surface area contributed by atoms with E-state index in [0.717, 1.165) is 65.5 Å².